The van der Waals surface area contributed by atoms with Gasteiger partial charge in [0.05, 0.1) is 5.02 Å². The second kappa shape index (κ2) is 5.13. The molecule has 0 aliphatic rings. The number of aromatic nitrogens is 1. The number of ether oxygens (including phenoxy) is 1. The molecular formula is C12H8Cl3NO. The van der Waals surface area contributed by atoms with E-state index in [9.17, 15) is 0 Å². The zero-order chi connectivity index (χ0) is 12.4. The lowest BCUT2D eigenvalue weighted by molar-refractivity contribution is 0.460. The molecule has 0 N–H and O–H groups in total. The Hall–Kier alpha value is -0.960. The first-order valence-electron chi connectivity index (χ1n) is 4.83. The van der Waals surface area contributed by atoms with Crippen LogP contribution in [0.3, 0.4) is 0 Å². The molecule has 0 saturated heterocycles. The van der Waals surface area contributed by atoms with Gasteiger partial charge in [-0.25, -0.2) is 0 Å². The first kappa shape index (κ1) is 12.5. The smallest absolute Gasteiger partial charge is 0.239 e. The molecule has 1 aromatic carbocycles. The van der Waals surface area contributed by atoms with Crippen molar-refractivity contribution in [1.82, 2.24) is 4.98 Å². The molecule has 0 amide bonds. The van der Waals surface area contributed by atoms with Crippen molar-refractivity contribution >= 4 is 34.8 Å². The van der Waals surface area contributed by atoms with Crippen LogP contribution in [-0.2, 0) is 0 Å². The molecule has 2 nitrogen and oxygen atoms in total. The molecule has 0 fully saturated rings. The number of hydrogen-bond donors (Lipinski definition) is 0. The highest BCUT2D eigenvalue weighted by atomic mass is 35.5. The molecule has 1 heterocycles. The third-order valence-corrected chi connectivity index (χ3v) is 3.10. The minimum Gasteiger partial charge on any atom is -0.437 e. The Morgan fingerprint density at radius 2 is 1.76 bits per heavy atom. The Labute approximate surface area is 114 Å². The van der Waals surface area contributed by atoms with E-state index < -0.39 is 0 Å². The van der Waals surface area contributed by atoms with E-state index in [4.69, 9.17) is 39.5 Å². The summed E-state index contributed by atoms with van der Waals surface area (Å²) in [6.45, 7) is 1.93. The molecule has 0 spiro atoms. The van der Waals surface area contributed by atoms with Crippen LogP contribution in [0.15, 0.2) is 30.3 Å². The minimum atomic E-state index is 0.166. The van der Waals surface area contributed by atoms with E-state index in [-0.39, 0.29) is 11.0 Å². The number of pyridine rings is 1. The fraction of sp³-hybridized carbons (Fsp3) is 0.0833. The van der Waals surface area contributed by atoms with Crippen molar-refractivity contribution in [1.29, 1.82) is 0 Å². The fourth-order valence-electron chi connectivity index (χ4n) is 1.28. The molecule has 17 heavy (non-hydrogen) atoms. The van der Waals surface area contributed by atoms with Gasteiger partial charge in [-0.1, -0.05) is 53.0 Å². The summed E-state index contributed by atoms with van der Waals surface area (Å²) in [5.74, 6) is 0.927. The Balaban J connectivity index is 2.37. The molecule has 2 aromatic rings. The number of hydrogen-bond acceptors (Lipinski definition) is 2. The first-order chi connectivity index (χ1) is 8.08. The number of benzene rings is 1. The maximum atomic E-state index is 5.97. The molecule has 5 heteroatoms. The van der Waals surface area contributed by atoms with Crippen molar-refractivity contribution in [2.24, 2.45) is 0 Å². The summed E-state index contributed by atoms with van der Waals surface area (Å²) in [7, 11) is 0. The van der Waals surface area contributed by atoms with Gasteiger partial charge in [-0.15, -0.1) is 0 Å². The van der Waals surface area contributed by atoms with Gasteiger partial charge in [0.15, 0.2) is 5.15 Å². The van der Waals surface area contributed by atoms with Crippen LogP contribution in [0.25, 0.3) is 0 Å². The topological polar surface area (TPSA) is 22.1 Å². The second-order valence-corrected chi connectivity index (χ2v) is 4.59. The zero-order valence-electron chi connectivity index (χ0n) is 8.88. The minimum absolute atomic E-state index is 0.166. The maximum absolute atomic E-state index is 5.97. The Morgan fingerprint density at radius 1 is 1.06 bits per heavy atom. The van der Waals surface area contributed by atoms with E-state index in [1.165, 1.54) is 6.07 Å². The molecule has 0 radical (unpaired) electrons. The zero-order valence-corrected chi connectivity index (χ0v) is 11.1. The number of halogens is 3. The lowest BCUT2D eigenvalue weighted by Crippen LogP contribution is -1.92. The summed E-state index contributed by atoms with van der Waals surface area (Å²) in [4.78, 5) is 3.99. The molecule has 0 bridgehead atoms. The third kappa shape index (κ3) is 2.83. The van der Waals surface area contributed by atoms with Gasteiger partial charge >= 0.3 is 0 Å². The highest BCUT2D eigenvalue weighted by molar-refractivity contribution is 6.42. The number of para-hydroxylation sites is 1. The summed E-state index contributed by atoms with van der Waals surface area (Å²) in [5, 5.41) is 0.788. The van der Waals surface area contributed by atoms with Crippen LogP contribution in [0.4, 0.5) is 0 Å². The van der Waals surface area contributed by atoms with Crippen molar-refractivity contribution < 1.29 is 4.74 Å². The van der Waals surface area contributed by atoms with Gasteiger partial charge in [0.1, 0.15) is 10.8 Å². The van der Waals surface area contributed by atoms with E-state index in [0.29, 0.717) is 15.8 Å². The van der Waals surface area contributed by atoms with Crippen molar-refractivity contribution in [3.05, 3.63) is 51.1 Å². The molecule has 0 aliphatic carbocycles. The van der Waals surface area contributed by atoms with Gasteiger partial charge in [0.25, 0.3) is 0 Å². The molecular weight excluding hydrogens is 280 g/mol. The van der Waals surface area contributed by atoms with E-state index >= 15 is 0 Å². The van der Waals surface area contributed by atoms with Crippen molar-refractivity contribution in [3.8, 4) is 11.6 Å². The standard InChI is InChI=1S/C12H8Cl3NO/c1-7-4-2-3-5-10(7)17-12-9(14)6-8(13)11(15)16-12/h2-6H,1H3. The first-order valence-corrected chi connectivity index (χ1v) is 5.96. The highest BCUT2D eigenvalue weighted by Gasteiger charge is 2.10. The van der Waals surface area contributed by atoms with Gasteiger partial charge < -0.3 is 4.74 Å². The van der Waals surface area contributed by atoms with E-state index in [1.807, 2.05) is 31.2 Å². The quantitative estimate of drug-likeness (QED) is 0.714. The van der Waals surface area contributed by atoms with Crippen LogP contribution < -0.4 is 4.74 Å². The molecule has 2 rings (SSSR count). The van der Waals surface area contributed by atoms with Crippen molar-refractivity contribution in [3.63, 3.8) is 0 Å². The van der Waals surface area contributed by atoms with Crippen LogP contribution in [0.2, 0.25) is 15.2 Å². The summed E-state index contributed by atoms with van der Waals surface area (Å²) >= 11 is 17.6. The number of rotatable bonds is 2. The maximum Gasteiger partial charge on any atom is 0.239 e. The highest BCUT2D eigenvalue weighted by Crippen LogP contribution is 2.33. The predicted molar refractivity (Wildman–Crippen MR) is 70.5 cm³/mol. The van der Waals surface area contributed by atoms with Crippen molar-refractivity contribution in [2.75, 3.05) is 0 Å². The molecule has 88 valence electrons. The van der Waals surface area contributed by atoms with E-state index in [1.54, 1.807) is 0 Å². The predicted octanol–water partition coefficient (Wildman–Crippen LogP) is 5.14. The lowest BCUT2D eigenvalue weighted by Gasteiger charge is -2.09. The molecule has 0 unspecified atom stereocenters. The van der Waals surface area contributed by atoms with Gasteiger partial charge in [0, 0.05) is 0 Å². The number of aryl methyl sites for hydroxylation is 1. The monoisotopic (exact) mass is 287 g/mol. The summed E-state index contributed by atoms with van der Waals surface area (Å²) in [6.07, 6.45) is 0. The molecule has 0 aliphatic heterocycles. The van der Waals surface area contributed by atoms with Crippen LogP contribution in [-0.4, -0.2) is 4.98 Å². The van der Waals surface area contributed by atoms with Crippen LogP contribution in [0, 0.1) is 6.92 Å². The fourth-order valence-corrected chi connectivity index (χ4v) is 1.80. The molecule has 1 aromatic heterocycles. The summed E-state index contributed by atoms with van der Waals surface area (Å²) in [6, 6.07) is 9.06. The Bertz CT molecular complexity index is 557. The van der Waals surface area contributed by atoms with Gasteiger partial charge in [-0.3, -0.25) is 0 Å². The summed E-state index contributed by atoms with van der Waals surface area (Å²) in [5.41, 5.74) is 0.983. The number of nitrogens with zero attached hydrogens (tertiary/aromatic N) is 1. The lowest BCUT2D eigenvalue weighted by atomic mass is 10.2. The Kier molecular flexibility index (Phi) is 3.77. The van der Waals surface area contributed by atoms with Gasteiger partial charge in [0.2, 0.25) is 5.88 Å². The molecule has 0 atom stereocenters. The van der Waals surface area contributed by atoms with E-state index in [0.717, 1.165) is 5.56 Å². The average molecular weight is 289 g/mol. The van der Waals surface area contributed by atoms with Crippen LogP contribution >= 0.6 is 34.8 Å². The molecule has 0 saturated carbocycles. The third-order valence-electron chi connectivity index (χ3n) is 2.15. The van der Waals surface area contributed by atoms with Gasteiger partial charge in [-0.05, 0) is 24.6 Å². The van der Waals surface area contributed by atoms with Gasteiger partial charge in [-0.2, -0.15) is 4.98 Å². The summed E-state index contributed by atoms with van der Waals surface area (Å²) < 4.78 is 5.59. The van der Waals surface area contributed by atoms with Crippen molar-refractivity contribution in [2.45, 2.75) is 6.92 Å². The average Bonchev–Trinajstić information content (AvgIpc) is 2.29. The van der Waals surface area contributed by atoms with Crippen LogP contribution in [0.1, 0.15) is 5.56 Å². The normalized spacial score (nSPS) is 10.4. The Morgan fingerprint density at radius 3 is 2.47 bits per heavy atom. The second-order valence-electron chi connectivity index (χ2n) is 3.42. The largest absolute Gasteiger partial charge is 0.437 e. The SMILES string of the molecule is Cc1ccccc1Oc1nc(Cl)c(Cl)cc1Cl. The van der Waals surface area contributed by atoms with E-state index in [2.05, 4.69) is 4.98 Å². The van der Waals surface area contributed by atoms with Crippen LogP contribution in [0.5, 0.6) is 11.6 Å².